The second kappa shape index (κ2) is 10.2. The van der Waals surface area contributed by atoms with Crippen LogP contribution in [0.15, 0.2) is 17.0 Å². The fraction of sp³-hybridized carbons (Fsp3) is 0.600. The fourth-order valence-electron chi connectivity index (χ4n) is 3.95. The summed E-state index contributed by atoms with van der Waals surface area (Å²) < 4.78 is 28.4. The van der Waals surface area contributed by atoms with Crippen molar-refractivity contribution in [1.82, 2.24) is 14.9 Å². The number of hydrogen-bond acceptors (Lipinski definition) is 5. The minimum atomic E-state index is -3.65. The molecule has 1 aromatic rings. The van der Waals surface area contributed by atoms with Crippen LogP contribution in [-0.2, 0) is 19.6 Å². The second-order valence-electron chi connectivity index (χ2n) is 7.52. The molecular weight excluding hydrogens is 394 g/mol. The van der Waals surface area contributed by atoms with Crippen LogP contribution < -0.4 is 10.6 Å². The predicted octanol–water partition coefficient (Wildman–Crippen LogP) is 0.770. The monoisotopic (exact) mass is 425 g/mol. The fourth-order valence-corrected chi connectivity index (χ4v) is 6.09. The predicted molar refractivity (Wildman–Crippen MR) is 110 cm³/mol. The third-order valence-electron chi connectivity index (χ3n) is 5.11. The summed E-state index contributed by atoms with van der Waals surface area (Å²) in [4.78, 5) is 23.7. The Morgan fingerprint density at radius 2 is 1.66 bits per heavy atom. The summed E-state index contributed by atoms with van der Waals surface area (Å²) >= 11 is 0. The molecule has 1 aromatic carbocycles. The Morgan fingerprint density at radius 3 is 2.24 bits per heavy atom. The third kappa shape index (κ3) is 5.77. The van der Waals surface area contributed by atoms with E-state index in [-0.39, 0.29) is 25.7 Å². The zero-order valence-corrected chi connectivity index (χ0v) is 18.1. The Bertz CT molecular complexity index is 831. The molecule has 0 saturated carbocycles. The van der Waals surface area contributed by atoms with Crippen molar-refractivity contribution in [2.75, 3.05) is 26.2 Å². The quantitative estimate of drug-likeness (QED) is 0.558. The first kappa shape index (κ1) is 23.3. The van der Waals surface area contributed by atoms with Crippen LogP contribution in [-0.4, -0.2) is 61.9 Å². The number of aliphatic hydroxyl groups excluding tert-OH is 1. The highest BCUT2D eigenvalue weighted by atomic mass is 32.2. The van der Waals surface area contributed by atoms with E-state index in [1.807, 2.05) is 32.9 Å². The van der Waals surface area contributed by atoms with Gasteiger partial charge in [-0.2, -0.15) is 4.31 Å². The number of nitrogens with zero attached hydrogens (tertiary/aromatic N) is 1. The zero-order chi connectivity index (χ0) is 21.6. The molecule has 0 spiro atoms. The summed E-state index contributed by atoms with van der Waals surface area (Å²) in [6.45, 7) is 5.99. The third-order valence-corrected chi connectivity index (χ3v) is 7.37. The van der Waals surface area contributed by atoms with Gasteiger partial charge in [0.15, 0.2) is 0 Å². The minimum Gasteiger partial charge on any atom is -0.395 e. The van der Waals surface area contributed by atoms with E-state index in [2.05, 4.69) is 10.6 Å². The lowest BCUT2D eigenvalue weighted by Crippen LogP contribution is -2.46. The van der Waals surface area contributed by atoms with Gasteiger partial charge in [-0.1, -0.05) is 24.1 Å². The number of carbonyl (C=O) groups excluding carboxylic acids is 2. The van der Waals surface area contributed by atoms with Crippen molar-refractivity contribution in [3.8, 4) is 0 Å². The van der Waals surface area contributed by atoms with Gasteiger partial charge in [0.05, 0.1) is 11.5 Å². The van der Waals surface area contributed by atoms with E-state index in [0.717, 1.165) is 36.0 Å². The molecule has 1 atom stereocenters. The van der Waals surface area contributed by atoms with Crippen molar-refractivity contribution >= 4 is 21.8 Å². The van der Waals surface area contributed by atoms with Crippen molar-refractivity contribution < 1.29 is 23.1 Å². The summed E-state index contributed by atoms with van der Waals surface area (Å²) in [6, 6.07) is 3.53. The zero-order valence-electron chi connectivity index (χ0n) is 17.3. The Balaban J connectivity index is 2.09. The summed E-state index contributed by atoms with van der Waals surface area (Å²) in [5.74, 6) is -1.59. The molecule has 9 heteroatoms. The maximum absolute atomic E-state index is 13.4. The van der Waals surface area contributed by atoms with Gasteiger partial charge in [-0.25, -0.2) is 8.42 Å². The number of amides is 2. The van der Waals surface area contributed by atoms with E-state index >= 15 is 0 Å². The molecule has 1 fully saturated rings. The number of piperidine rings is 1. The number of carbonyl (C=O) groups is 2. The average molecular weight is 426 g/mol. The lowest BCUT2D eigenvalue weighted by molar-refractivity contribution is -0.139. The molecule has 29 heavy (non-hydrogen) atoms. The van der Waals surface area contributed by atoms with Crippen LogP contribution in [0.3, 0.4) is 0 Å². The molecule has 1 aliphatic heterocycles. The number of benzene rings is 1. The molecule has 0 bridgehead atoms. The lowest BCUT2D eigenvalue weighted by atomic mass is 10.0. The van der Waals surface area contributed by atoms with E-state index in [1.54, 1.807) is 4.31 Å². The number of rotatable bonds is 7. The van der Waals surface area contributed by atoms with E-state index < -0.39 is 21.8 Å². The van der Waals surface area contributed by atoms with Gasteiger partial charge in [0.25, 0.3) is 0 Å². The van der Waals surface area contributed by atoms with Crippen LogP contribution in [0.2, 0.25) is 0 Å². The highest BCUT2D eigenvalue weighted by Gasteiger charge is 2.35. The van der Waals surface area contributed by atoms with Gasteiger partial charge in [-0.15, -0.1) is 0 Å². The molecule has 1 unspecified atom stereocenters. The summed E-state index contributed by atoms with van der Waals surface area (Å²) in [5, 5.41) is 13.5. The lowest BCUT2D eigenvalue weighted by Gasteiger charge is -2.35. The highest BCUT2D eigenvalue weighted by molar-refractivity contribution is 7.89. The summed E-state index contributed by atoms with van der Waals surface area (Å²) in [5.41, 5.74) is 2.50. The van der Waals surface area contributed by atoms with Crippen LogP contribution >= 0.6 is 0 Å². The standard InChI is InChI=1S/C20H31N3O5S/c1-14-12-15(2)18(16(3)13-14)29(27,28)23-10-5-4-6-17(23)7-8-21-19(25)20(26)22-9-11-24/h12-13,17,24H,4-11H2,1-3H3,(H,21,25)(H,22,26). The van der Waals surface area contributed by atoms with Crippen LogP contribution in [0.4, 0.5) is 0 Å². The smallest absolute Gasteiger partial charge is 0.309 e. The van der Waals surface area contributed by atoms with Crippen molar-refractivity contribution in [2.24, 2.45) is 0 Å². The molecule has 0 aromatic heterocycles. The highest BCUT2D eigenvalue weighted by Crippen LogP contribution is 2.31. The molecule has 1 saturated heterocycles. The van der Waals surface area contributed by atoms with Crippen molar-refractivity contribution in [2.45, 2.75) is 57.4 Å². The van der Waals surface area contributed by atoms with Gasteiger partial charge < -0.3 is 15.7 Å². The first-order valence-corrected chi connectivity index (χ1v) is 11.4. The molecule has 8 nitrogen and oxygen atoms in total. The van der Waals surface area contributed by atoms with Gasteiger partial charge in [0.2, 0.25) is 10.0 Å². The van der Waals surface area contributed by atoms with Gasteiger partial charge in [0, 0.05) is 25.7 Å². The first-order valence-electron chi connectivity index (χ1n) is 9.95. The topological polar surface area (TPSA) is 116 Å². The van der Waals surface area contributed by atoms with E-state index in [1.165, 1.54) is 0 Å². The maximum atomic E-state index is 13.4. The van der Waals surface area contributed by atoms with Gasteiger partial charge in [-0.3, -0.25) is 9.59 Å². The number of hydrogen-bond donors (Lipinski definition) is 3. The average Bonchev–Trinajstić information content (AvgIpc) is 2.65. The van der Waals surface area contributed by atoms with Crippen LogP contribution in [0.5, 0.6) is 0 Å². The molecule has 3 N–H and O–H groups in total. The SMILES string of the molecule is Cc1cc(C)c(S(=O)(=O)N2CCCCC2CCNC(=O)C(=O)NCCO)c(C)c1. The summed E-state index contributed by atoms with van der Waals surface area (Å²) in [6.07, 6.45) is 2.88. The summed E-state index contributed by atoms with van der Waals surface area (Å²) in [7, 11) is -3.65. The Kier molecular flexibility index (Phi) is 8.18. The first-order chi connectivity index (χ1) is 13.7. The molecule has 2 rings (SSSR count). The minimum absolute atomic E-state index is 0.0101. The molecular formula is C20H31N3O5S. The van der Waals surface area contributed by atoms with Crippen LogP contribution in [0.1, 0.15) is 42.4 Å². The molecule has 1 aliphatic rings. The van der Waals surface area contributed by atoms with Crippen LogP contribution in [0.25, 0.3) is 0 Å². The van der Waals surface area contributed by atoms with Crippen molar-refractivity contribution in [1.29, 1.82) is 0 Å². The largest absolute Gasteiger partial charge is 0.395 e. The van der Waals surface area contributed by atoms with Crippen LogP contribution in [0, 0.1) is 20.8 Å². The molecule has 0 aliphatic carbocycles. The van der Waals surface area contributed by atoms with Gasteiger partial charge in [0.1, 0.15) is 0 Å². The maximum Gasteiger partial charge on any atom is 0.309 e. The van der Waals surface area contributed by atoms with E-state index in [9.17, 15) is 18.0 Å². The molecule has 1 heterocycles. The van der Waals surface area contributed by atoms with Gasteiger partial charge >= 0.3 is 11.8 Å². The number of sulfonamides is 1. The Morgan fingerprint density at radius 1 is 1.07 bits per heavy atom. The van der Waals surface area contributed by atoms with Crippen molar-refractivity contribution in [3.05, 3.63) is 28.8 Å². The van der Waals surface area contributed by atoms with Gasteiger partial charge in [-0.05, 0) is 51.2 Å². The molecule has 2 amide bonds. The Hall–Kier alpha value is -1.97. The van der Waals surface area contributed by atoms with E-state index in [0.29, 0.717) is 17.9 Å². The number of aliphatic hydroxyl groups is 1. The van der Waals surface area contributed by atoms with E-state index in [4.69, 9.17) is 5.11 Å². The number of nitrogens with one attached hydrogen (secondary N) is 2. The second-order valence-corrected chi connectivity index (χ2v) is 9.34. The molecule has 162 valence electrons. The normalized spacial score (nSPS) is 17.7. The van der Waals surface area contributed by atoms with Crippen molar-refractivity contribution in [3.63, 3.8) is 0 Å². The Labute approximate surface area is 172 Å². The number of aryl methyl sites for hydroxylation is 3. The molecule has 0 radical (unpaired) electrons.